The summed E-state index contributed by atoms with van der Waals surface area (Å²) in [7, 11) is 0. The first-order chi connectivity index (χ1) is 9.63. The number of benzene rings is 2. The third-order valence-corrected chi connectivity index (χ3v) is 3.41. The van der Waals surface area contributed by atoms with Crippen molar-refractivity contribution < 1.29 is 4.39 Å². The fourth-order valence-electron chi connectivity index (χ4n) is 1.75. The highest BCUT2D eigenvalue weighted by Crippen LogP contribution is 2.15. The van der Waals surface area contributed by atoms with E-state index in [1.807, 2.05) is 30.3 Å². The van der Waals surface area contributed by atoms with Crippen LogP contribution in [0.1, 0.15) is 5.56 Å². The monoisotopic (exact) mass is 352 g/mol. The van der Waals surface area contributed by atoms with Gasteiger partial charge in [0.15, 0.2) is 5.11 Å². The zero-order valence-electron chi connectivity index (χ0n) is 10.7. The standard InChI is InChI=1S/C15H14BrFN2S/c16-12-4-2-6-14(10-12)19-15(20)18-8-7-11-3-1-5-13(17)9-11/h1-6,9-10H,7-8H2,(H2,18,19,20). The van der Waals surface area contributed by atoms with Gasteiger partial charge in [-0.15, -0.1) is 0 Å². The Morgan fingerprint density at radius 3 is 2.70 bits per heavy atom. The van der Waals surface area contributed by atoms with Crippen molar-refractivity contribution in [2.75, 3.05) is 11.9 Å². The molecule has 20 heavy (non-hydrogen) atoms. The molecule has 0 aliphatic rings. The highest BCUT2D eigenvalue weighted by molar-refractivity contribution is 9.10. The summed E-state index contributed by atoms with van der Waals surface area (Å²) in [6.07, 6.45) is 0.720. The largest absolute Gasteiger partial charge is 0.362 e. The predicted molar refractivity (Wildman–Crippen MR) is 88.5 cm³/mol. The second kappa shape index (κ2) is 7.36. The van der Waals surface area contributed by atoms with Gasteiger partial charge in [-0.2, -0.15) is 0 Å². The molecule has 0 radical (unpaired) electrons. The van der Waals surface area contributed by atoms with Gasteiger partial charge in [-0.25, -0.2) is 4.39 Å². The lowest BCUT2D eigenvalue weighted by molar-refractivity contribution is 0.625. The van der Waals surface area contributed by atoms with Crippen molar-refractivity contribution in [3.05, 3.63) is 64.4 Å². The molecule has 2 aromatic rings. The van der Waals surface area contributed by atoms with E-state index in [4.69, 9.17) is 12.2 Å². The normalized spacial score (nSPS) is 10.1. The van der Waals surface area contributed by atoms with Crippen LogP contribution >= 0.6 is 28.1 Å². The van der Waals surface area contributed by atoms with Crippen LogP contribution in [-0.4, -0.2) is 11.7 Å². The lowest BCUT2D eigenvalue weighted by Gasteiger charge is -2.10. The minimum absolute atomic E-state index is 0.211. The number of hydrogen-bond donors (Lipinski definition) is 2. The van der Waals surface area contributed by atoms with Crippen molar-refractivity contribution in [1.29, 1.82) is 0 Å². The van der Waals surface area contributed by atoms with Crippen LogP contribution in [0.25, 0.3) is 0 Å². The number of nitrogens with one attached hydrogen (secondary N) is 2. The Kier molecular flexibility index (Phi) is 5.49. The third kappa shape index (κ3) is 4.90. The van der Waals surface area contributed by atoms with Crippen molar-refractivity contribution in [3.63, 3.8) is 0 Å². The highest BCUT2D eigenvalue weighted by atomic mass is 79.9. The summed E-state index contributed by atoms with van der Waals surface area (Å²) in [6, 6.07) is 14.3. The van der Waals surface area contributed by atoms with Gasteiger partial charge in [0.25, 0.3) is 0 Å². The number of thiocarbonyl (C=S) groups is 1. The minimum Gasteiger partial charge on any atom is -0.362 e. The molecule has 2 rings (SSSR count). The molecule has 0 bridgehead atoms. The molecular formula is C15H14BrFN2S. The van der Waals surface area contributed by atoms with Crippen LogP contribution in [0, 0.1) is 5.82 Å². The highest BCUT2D eigenvalue weighted by Gasteiger charge is 1.99. The van der Waals surface area contributed by atoms with Gasteiger partial charge in [-0.3, -0.25) is 0 Å². The average molecular weight is 353 g/mol. The minimum atomic E-state index is -0.211. The zero-order chi connectivity index (χ0) is 14.4. The van der Waals surface area contributed by atoms with E-state index in [9.17, 15) is 4.39 Å². The molecule has 0 fully saturated rings. The summed E-state index contributed by atoms with van der Waals surface area (Å²) in [5.74, 6) is -0.211. The van der Waals surface area contributed by atoms with Crippen molar-refractivity contribution in [1.82, 2.24) is 5.32 Å². The molecule has 0 aliphatic carbocycles. The SMILES string of the molecule is Fc1cccc(CCNC(=S)Nc2cccc(Br)c2)c1. The van der Waals surface area contributed by atoms with Crippen LogP contribution in [0.3, 0.4) is 0 Å². The van der Waals surface area contributed by atoms with Crippen LogP contribution in [0.15, 0.2) is 53.0 Å². The quantitative estimate of drug-likeness (QED) is 0.809. The molecular weight excluding hydrogens is 339 g/mol. The molecule has 0 aliphatic heterocycles. The Labute approximate surface area is 131 Å². The maximum atomic E-state index is 13.0. The molecule has 5 heteroatoms. The Balaban J connectivity index is 1.78. The summed E-state index contributed by atoms with van der Waals surface area (Å²) < 4.78 is 14.0. The molecule has 0 aromatic heterocycles. The molecule has 2 nitrogen and oxygen atoms in total. The summed E-state index contributed by atoms with van der Waals surface area (Å²) in [4.78, 5) is 0. The first kappa shape index (κ1) is 14.9. The van der Waals surface area contributed by atoms with Gasteiger partial charge in [-0.1, -0.05) is 34.1 Å². The fourth-order valence-corrected chi connectivity index (χ4v) is 2.37. The number of hydrogen-bond acceptors (Lipinski definition) is 1. The molecule has 0 atom stereocenters. The lowest BCUT2D eigenvalue weighted by Crippen LogP contribution is -2.30. The first-order valence-electron chi connectivity index (χ1n) is 6.18. The van der Waals surface area contributed by atoms with Crippen LogP contribution < -0.4 is 10.6 Å². The Bertz CT molecular complexity index is 604. The van der Waals surface area contributed by atoms with E-state index in [-0.39, 0.29) is 5.82 Å². The van der Waals surface area contributed by atoms with Crippen LogP contribution in [0.5, 0.6) is 0 Å². The van der Waals surface area contributed by atoms with Gasteiger partial charge >= 0.3 is 0 Å². The topological polar surface area (TPSA) is 24.1 Å². The average Bonchev–Trinajstić information content (AvgIpc) is 2.38. The maximum Gasteiger partial charge on any atom is 0.170 e. The van der Waals surface area contributed by atoms with Crippen molar-refractivity contribution >= 4 is 38.9 Å². The van der Waals surface area contributed by atoms with E-state index in [1.165, 1.54) is 12.1 Å². The van der Waals surface area contributed by atoms with Crippen molar-refractivity contribution in [2.24, 2.45) is 0 Å². The van der Waals surface area contributed by atoms with Gasteiger partial charge in [0, 0.05) is 16.7 Å². The van der Waals surface area contributed by atoms with E-state index in [1.54, 1.807) is 6.07 Å². The molecule has 0 heterocycles. The third-order valence-electron chi connectivity index (χ3n) is 2.67. The molecule has 104 valence electrons. The fraction of sp³-hybridized carbons (Fsp3) is 0.133. The number of anilines is 1. The van der Waals surface area contributed by atoms with Gasteiger partial charge in [0.05, 0.1) is 0 Å². The Morgan fingerprint density at radius 1 is 1.15 bits per heavy atom. The molecule has 0 saturated heterocycles. The second-order valence-electron chi connectivity index (χ2n) is 4.27. The van der Waals surface area contributed by atoms with Gasteiger partial charge in [0.2, 0.25) is 0 Å². The van der Waals surface area contributed by atoms with E-state index in [0.29, 0.717) is 11.7 Å². The summed E-state index contributed by atoms with van der Waals surface area (Å²) in [5.41, 5.74) is 1.87. The second-order valence-corrected chi connectivity index (χ2v) is 5.60. The maximum absolute atomic E-state index is 13.0. The lowest BCUT2D eigenvalue weighted by atomic mass is 10.1. The molecule has 0 unspecified atom stereocenters. The van der Waals surface area contributed by atoms with Gasteiger partial charge in [0.1, 0.15) is 5.82 Å². The van der Waals surface area contributed by atoms with Crippen LogP contribution in [0.4, 0.5) is 10.1 Å². The molecule has 2 N–H and O–H groups in total. The van der Waals surface area contributed by atoms with Crippen molar-refractivity contribution in [3.8, 4) is 0 Å². The number of halogens is 2. The molecule has 0 spiro atoms. The van der Waals surface area contributed by atoms with Gasteiger partial charge < -0.3 is 10.6 Å². The van der Waals surface area contributed by atoms with Crippen molar-refractivity contribution in [2.45, 2.75) is 6.42 Å². The smallest absolute Gasteiger partial charge is 0.170 e. The van der Waals surface area contributed by atoms with Crippen LogP contribution in [-0.2, 0) is 6.42 Å². The predicted octanol–water partition coefficient (Wildman–Crippen LogP) is 4.12. The summed E-state index contributed by atoms with van der Waals surface area (Å²) in [6.45, 7) is 0.656. The summed E-state index contributed by atoms with van der Waals surface area (Å²) in [5, 5.41) is 6.75. The van der Waals surface area contributed by atoms with E-state index < -0.39 is 0 Å². The van der Waals surface area contributed by atoms with E-state index in [2.05, 4.69) is 26.6 Å². The number of rotatable bonds is 4. The first-order valence-corrected chi connectivity index (χ1v) is 7.38. The van der Waals surface area contributed by atoms with Crippen LogP contribution in [0.2, 0.25) is 0 Å². The molecule has 0 saturated carbocycles. The zero-order valence-corrected chi connectivity index (χ0v) is 13.1. The Morgan fingerprint density at radius 2 is 1.95 bits per heavy atom. The molecule has 2 aromatic carbocycles. The molecule has 0 amide bonds. The van der Waals surface area contributed by atoms with E-state index >= 15 is 0 Å². The van der Waals surface area contributed by atoms with E-state index in [0.717, 1.165) is 22.1 Å². The Hall–Kier alpha value is -1.46. The summed E-state index contributed by atoms with van der Waals surface area (Å²) >= 11 is 8.61. The van der Waals surface area contributed by atoms with Gasteiger partial charge in [-0.05, 0) is 54.5 Å².